The monoisotopic (exact) mass is 521 g/mol. The second-order valence-corrected chi connectivity index (χ2v) is 11.4. The van der Waals surface area contributed by atoms with Gasteiger partial charge in [0.15, 0.2) is 0 Å². The number of hydrogen-bond acceptors (Lipinski definition) is 8. The van der Waals surface area contributed by atoms with Crippen molar-refractivity contribution in [3.8, 4) is 0 Å². The highest BCUT2D eigenvalue weighted by atomic mass is 35.5. The number of carbonyl (C=O) groups is 2. The van der Waals surface area contributed by atoms with Crippen LogP contribution in [-0.4, -0.2) is 105 Å². The van der Waals surface area contributed by atoms with Crippen LogP contribution in [0.25, 0.3) is 0 Å². The number of aliphatic hydroxyl groups is 3. The van der Waals surface area contributed by atoms with E-state index in [-0.39, 0.29) is 11.8 Å². The number of likely N-dealkylation sites (tertiary alicyclic amines) is 1. The molecule has 9 atom stereocenters. The number of thioether (sulfide) groups is 1. The largest absolute Gasteiger partial charge is 0.388 e. The molecule has 3 rings (SSSR count). The average Bonchev–Trinajstić information content (AvgIpc) is 3.26. The van der Waals surface area contributed by atoms with Gasteiger partial charge in [0, 0.05) is 19.5 Å². The van der Waals surface area contributed by atoms with E-state index in [9.17, 15) is 24.9 Å². The Bertz CT molecular complexity index is 681. The molecule has 0 aromatic heterocycles. The lowest BCUT2D eigenvalue weighted by Gasteiger charge is -2.44. The standard InChI is InChI=1S/C23H40ClN3O6S/c1-13(24)17(21-19(30)18(29)20(31)23(33-21)34-2)26-22(32)15-7-5-14(9-10-25-15)6-8-16(28)27-11-3-4-12-27/h13-15,17-21,23,25,29-31H,3-12H2,1-2H3,(H,26,32)/t13-,14+,15-,17+,18?,19?,20+,21+,23?/m0/s1. The summed E-state index contributed by atoms with van der Waals surface area (Å²) in [6.07, 6.45) is 2.76. The number of aliphatic hydroxyl groups excluding tert-OH is 3. The minimum Gasteiger partial charge on any atom is -0.388 e. The predicted octanol–water partition coefficient (Wildman–Crippen LogP) is 0.430. The SMILES string of the molecule is CSC1O[C@H]([C@H](NC(=O)[C@@H]2CC[C@H](CCC(=O)N3CCCC3)CCN2)[C@H](C)Cl)C(O)C(O)[C@H]1O. The van der Waals surface area contributed by atoms with Gasteiger partial charge < -0.3 is 35.6 Å². The van der Waals surface area contributed by atoms with Gasteiger partial charge in [-0.15, -0.1) is 23.4 Å². The Morgan fingerprint density at radius 3 is 2.50 bits per heavy atom. The molecule has 0 radical (unpaired) electrons. The molecule has 2 amide bonds. The second-order valence-electron chi connectivity index (χ2n) is 9.75. The molecule has 0 aromatic carbocycles. The molecular formula is C23H40ClN3O6S. The van der Waals surface area contributed by atoms with Crippen LogP contribution >= 0.6 is 23.4 Å². The van der Waals surface area contributed by atoms with E-state index in [4.69, 9.17) is 16.3 Å². The van der Waals surface area contributed by atoms with Gasteiger partial charge in [0.1, 0.15) is 29.9 Å². The molecular weight excluding hydrogens is 482 g/mol. The van der Waals surface area contributed by atoms with Crippen molar-refractivity contribution in [2.45, 2.75) is 99.2 Å². The van der Waals surface area contributed by atoms with Gasteiger partial charge in [0.2, 0.25) is 11.8 Å². The zero-order valence-corrected chi connectivity index (χ0v) is 21.6. The summed E-state index contributed by atoms with van der Waals surface area (Å²) in [4.78, 5) is 27.4. The lowest BCUT2D eigenvalue weighted by atomic mass is 9.92. The van der Waals surface area contributed by atoms with Crippen molar-refractivity contribution in [1.29, 1.82) is 0 Å². The Kier molecular flexibility index (Phi) is 10.8. The zero-order valence-electron chi connectivity index (χ0n) is 20.1. The first-order chi connectivity index (χ1) is 16.2. The van der Waals surface area contributed by atoms with Crippen molar-refractivity contribution >= 4 is 35.2 Å². The Hall–Kier alpha value is -0.620. The summed E-state index contributed by atoms with van der Waals surface area (Å²) >= 11 is 7.59. The molecule has 3 aliphatic rings. The lowest BCUT2D eigenvalue weighted by Crippen LogP contribution is -2.65. The number of halogens is 1. The van der Waals surface area contributed by atoms with Gasteiger partial charge >= 0.3 is 0 Å². The van der Waals surface area contributed by atoms with Crippen molar-refractivity contribution in [3.63, 3.8) is 0 Å². The van der Waals surface area contributed by atoms with Crippen LogP contribution in [0.15, 0.2) is 0 Å². The average molecular weight is 522 g/mol. The van der Waals surface area contributed by atoms with Crippen LogP contribution in [0.5, 0.6) is 0 Å². The van der Waals surface area contributed by atoms with Gasteiger partial charge in [-0.25, -0.2) is 0 Å². The number of nitrogens with zero attached hydrogens (tertiary/aromatic N) is 1. The minimum absolute atomic E-state index is 0.233. The van der Waals surface area contributed by atoms with Gasteiger partial charge in [-0.1, -0.05) is 0 Å². The van der Waals surface area contributed by atoms with Crippen molar-refractivity contribution < 1.29 is 29.6 Å². The van der Waals surface area contributed by atoms with E-state index in [1.54, 1.807) is 13.2 Å². The summed E-state index contributed by atoms with van der Waals surface area (Å²) in [7, 11) is 0. The van der Waals surface area contributed by atoms with E-state index in [0.717, 1.165) is 45.2 Å². The minimum atomic E-state index is -1.40. The molecule has 0 saturated carbocycles. The maximum atomic E-state index is 13.1. The summed E-state index contributed by atoms with van der Waals surface area (Å²) in [5.74, 6) is 0.398. The normalized spacial score (nSPS) is 36.5. The number of carbonyl (C=O) groups excluding carboxylic acids is 2. The van der Waals surface area contributed by atoms with E-state index < -0.39 is 47.3 Å². The van der Waals surface area contributed by atoms with E-state index in [0.29, 0.717) is 25.3 Å². The number of rotatable bonds is 8. The molecule has 11 heteroatoms. The first kappa shape index (κ1) is 28.0. The third-order valence-electron chi connectivity index (χ3n) is 7.35. The van der Waals surface area contributed by atoms with Crippen molar-refractivity contribution in [3.05, 3.63) is 0 Å². The molecule has 0 aliphatic carbocycles. The summed E-state index contributed by atoms with van der Waals surface area (Å²) in [5.41, 5.74) is -0.738. The van der Waals surface area contributed by atoms with Gasteiger partial charge in [0.05, 0.1) is 17.5 Å². The Labute approximate surface area is 211 Å². The third kappa shape index (κ3) is 6.99. The van der Waals surface area contributed by atoms with Gasteiger partial charge in [-0.2, -0.15) is 0 Å². The highest BCUT2D eigenvalue weighted by Gasteiger charge is 2.48. The van der Waals surface area contributed by atoms with Crippen molar-refractivity contribution in [2.75, 3.05) is 25.9 Å². The number of nitrogens with one attached hydrogen (secondary N) is 2. The van der Waals surface area contributed by atoms with Crippen LogP contribution in [0.4, 0.5) is 0 Å². The van der Waals surface area contributed by atoms with Crippen LogP contribution in [0.2, 0.25) is 0 Å². The van der Waals surface area contributed by atoms with Crippen LogP contribution in [-0.2, 0) is 14.3 Å². The quantitative estimate of drug-likeness (QED) is 0.291. The van der Waals surface area contributed by atoms with E-state index >= 15 is 0 Å². The maximum Gasteiger partial charge on any atom is 0.237 e. The van der Waals surface area contributed by atoms with Crippen LogP contribution in [0.1, 0.15) is 51.9 Å². The lowest BCUT2D eigenvalue weighted by molar-refractivity contribution is -0.205. The number of ether oxygens (including phenoxy) is 1. The third-order valence-corrected chi connectivity index (χ3v) is 8.47. The van der Waals surface area contributed by atoms with Crippen LogP contribution in [0.3, 0.4) is 0 Å². The molecule has 3 unspecified atom stereocenters. The Balaban J connectivity index is 1.53. The Morgan fingerprint density at radius 2 is 1.85 bits per heavy atom. The topological polar surface area (TPSA) is 131 Å². The second kappa shape index (κ2) is 13.1. The van der Waals surface area contributed by atoms with Crippen molar-refractivity contribution in [1.82, 2.24) is 15.5 Å². The molecule has 5 N–H and O–H groups in total. The number of alkyl halides is 1. The van der Waals surface area contributed by atoms with E-state index in [1.165, 1.54) is 11.8 Å². The van der Waals surface area contributed by atoms with Gasteiger partial charge in [0.25, 0.3) is 0 Å². The molecule has 3 aliphatic heterocycles. The molecule has 3 fully saturated rings. The first-order valence-corrected chi connectivity index (χ1v) is 14.1. The molecule has 3 heterocycles. The van der Waals surface area contributed by atoms with E-state index in [1.807, 2.05) is 4.90 Å². The first-order valence-electron chi connectivity index (χ1n) is 12.4. The summed E-state index contributed by atoms with van der Waals surface area (Å²) < 4.78 is 5.83. The fourth-order valence-electron chi connectivity index (χ4n) is 5.16. The van der Waals surface area contributed by atoms with Gasteiger partial charge in [-0.05, 0) is 64.2 Å². The van der Waals surface area contributed by atoms with Crippen LogP contribution in [0, 0.1) is 5.92 Å². The molecule has 9 nitrogen and oxygen atoms in total. The number of hydrogen-bond donors (Lipinski definition) is 5. The fraction of sp³-hybridized carbons (Fsp3) is 0.913. The number of amides is 2. The highest BCUT2D eigenvalue weighted by molar-refractivity contribution is 7.99. The molecule has 196 valence electrons. The molecule has 0 aromatic rings. The summed E-state index contributed by atoms with van der Waals surface area (Å²) in [6.45, 7) is 4.13. The van der Waals surface area contributed by atoms with Crippen molar-refractivity contribution in [2.24, 2.45) is 5.92 Å². The predicted molar refractivity (Wildman–Crippen MR) is 132 cm³/mol. The molecule has 0 spiro atoms. The van der Waals surface area contributed by atoms with Gasteiger partial charge in [-0.3, -0.25) is 9.59 Å². The molecule has 3 saturated heterocycles. The fourth-order valence-corrected chi connectivity index (χ4v) is 6.05. The summed E-state index contributed by atoms with van der Waals surface area (Å²) in [6, 6.07) is -1.16. The zero-order chi connectivity index (χ0) is 24.8. The highest BCUT2D eigenvalue weighted by Crippen LogP contribution is 2.30. The molecule has 34 heavy (non-hydrogen) atoms. The smallest absolute Gasteiger partial charge is 0.237 e. The summed E-state index contributed by atoms with van der Waals surface area (Å²) in [5, 5.41) is 36.5. The molecule has 0 bridgehead atoms. The van der Waals surface area contributed by atoms with E-state index in [2.05, 4.69) is 10.6 Å². The van der Waals surface area contributed by atoms with Crippen LogP contribution < -0.4 is 10.6 Å². The maximum absolute atomic E-state index is 13.1. The Morgan fingerprint density at radius 1 is 1.15 bits per heavy atom.